The number of benzene rings is 1. The molecule has 0 radical (unpaired) electrons. The highest BCUT2D eigenvalue weighted by atomic mass is 16.3. The molecule has 3 aromatic rings. The number of carbonyl (C=O) groups excluding carboxylic acids is 1. The summed E-state index contributed by atoms with van der Waals surface area (Å²) >= 11 is 0. The van der Waals surface area contributed by atoms with Gasteiger partial charge >= 0.3 is 0 Å². The Morgan fingerprint density at radius 1 is 1.05 bits per heavy atom. The fraction of sp³-hybridized carbons (Fsp3) is 0.111. The van der Waals surface area contributed by atoms with Crippen molar-refractivity contribution in [3.63, 3.8) is 0 Å². The van der Waals surface area contributed by atoms with E-state index in [9.17, 15) is 4.79 Å². The van der Waals surface area contributed by atoms with Crippen molar-refractivity contribution in [1.29, 1.82) is 0 Å². The van der Waals surface area contributed by atoms with E-state index in [1.807, 2.05) is 48.5 Å². The number of furan rings is 1. The summed E-state index contributed by atoms with van der Waals surface area (Å²) in [7, 11) is 0. The molecule has 0 unspecified atom stereocenters. The zero-order valence-electron chi connectivity index (χ0n) is 12.0. The second kappa shape index (κ2) is 6.72. The van der Waals surface area contributed by atoms with Crippen molar-refractivity contribution in [3.05, 3.63) is 78.5 Å². The van der Waals surface area contributed by atoms with Gasteiger partial charge < -0.3 is 9.73 Å². The molecule has 0 fully saturated rings. The van der Waals surface area contributed by atoms with Crippen molar-refractivity contribution in [1.82, 2.24) is 10.3 Å². The van der Waals surface area contributed by atoms with E-state index >= 15 is 0 Å². The fourth-order valence-electron chi connectivity index (χ4n) is 2.15. The van der Waals surface area contributed by atoms with Gasteiger partial charge in [-0.3, -0.25) is 9.78 Å². The maximum Gasteiger partial charge on any atom is 0.226 e. The van der Waals surface area contributed by atoms with E-state index in [0.29, 0.717) is 6.54 Å². The Balaban J connectivity index is 1.55. The van der Waals surface area contributed by atoms with Crippen LogP contribution in [0.3, 0.4) is 0 Å². The molecule has 0 saturated carbocycles. The van der Waals surface area contributed by atoms with Crippen molar-refractivity contribution in [3.8, 4) is 11.1 Å². The Labute approximate surface area is 128 Å². The number of rotatable bonds is 5. The molecule has 0 atom stereocenters. The maximum atomic E-state index is 11.9. The molecule has 0 aliphatic carbocycles. The van der Waals surface area contributed by atoms with E-state index in [1.54, 1.807) is 18.7 Å². The Kier molecular flexibility index (Phi) is 4.30. The fourth-order valence-corrected chi connectivity index (χ4v) is 2.15. The van der Waals surface area contributed by atoms with E-state index in [-0.39, 0.29) is 12.3 Å². The van der Waals surface area contributed by atoms with Crippen molar-refractivity contribution < 1.29 is 9.21 Å². The minimum Gasteiger partial charge on any atom is -0.472 e. The van der Waals surface area contributed by atoms with Crippen molar-refractivity contribution in [2.75, 3.05) is 0 Å². The van der Waals surface area contributed by atoms with E-state index in [4.69, 9.17) is 4.42 Å². The number of aromatic nitrogens is 1. The van der Waals surface area contributed by atoms with Crippen molar-refractivity contribution in [2.24, 2.45) is 0 Å². The number of pyridine rings is 1. The van der Waals surface area contributed by atoms with Gasteiger partial charge in [-0.05, 0) is 17.7 Å². The topological polar surface area (TPSA) is 55.1 Å². The molecule has 0 saturated heterocycles. The van der Waals surface area contributed by atoms with Crippen LogP contribution in [-0.2, 0) is 17.8 Å². The molecule has 1 aromatic carbocycles. The Bertz CT molecular complexity index is 720. The van der Waals surface area contributed by atoms with Crippen LogP contribution < -0.4 is 5.32 Å². The number of amides is 1. The Morgan fingerprint density at radius 2 is 1.91 bits per heavy atom. The third kappa shape index (κ3) is 3.61. The van der Waals surface area contributed by atoms with Gasteiger partial charge in [0, 0.05) is 29.6 Å². The molecule has 3 rings (SSSR count). The van der Waals surface area contributed by atoms with E-state index in [1.165, 1.54) is 0 Å². The summed E-state index contributed by atoms with van der Waals surface area (Å²) in [6.07, 6.45) is 5.33. The molecule has 4 heteroatoms. The number of nitrogens with zero attached hydrogens (tertiary/aromatic N) is 1. The first-order valence-electron chi connectivity index (χ1n) is 7.09. The first-order valence-corrected chi connectivity index (χ1v) is 7.09. The third-order valence-electron chi connectivity index (χ3n) is 3.35. The average Bonchev–Trinajstić information content (AvgIpc) is 3.09. The monoisotopic (exact) mass is 292 g/mol. The molecule has 1 N–H and O–H groups in total. The normalized spacial score (nSPS) is 10.4. The lowest BCUT2D eigenvalue weighted by atomic mass is 10.1. The summed E-state index contributed by atoms with van der Waals surface area (Å²) in [5, 5.41) is 2.90. The van der Waals surface area contributed by atoms with E-state index < -0.39 is 0 Å². The average molecular weight is 292 g/mol. The lowest BCUT2D eigenvalue weighted by Crippen LogP contribution is -2.24. The molecule has 110 valence electrons. The predicted octanol–water partition coefficient (Wildman–Crippen LogP) is 3.20. The SMILES string of the molecule is O=C(Cc1ccc(-c2ccoc2)cn1)NCc1ccccc1. The zero-order chi connectivity index (χ0) is 15.2. The molecular weight excluding hydrogens is 276 g/mol. The highest BCUT2D eigenvalue weighted by Gasteiger charge is 2.05. The largest absolute Gasteiger partial charge is 0.472 e. The summed E-state index contributed by atoms with van der Waals surface area (Å²) in [5.41, 5.74) is 3.78. The van der Waals surface area contributed by atoms with E-state index in [0.717, 1.165) is 22.4 Å². The van der Waals surface area contributed by atoms with Crippen LogP contribution in [0, 0.1) is 0 Å². The number of carbonyl (C=O) groups is 1. The van der Waals surface area contributed by atoms with Crippen molar-refractivity contribution in [2.45, 2.75) is 13.0 Å². The van der Waals surface area contributed by atoms with Gasteiger partial charge in [-0.25, -0.2) is 0 Å². The number of hydrogen-bond acceptors (Lipinski definition) is 3. The summed E-state index contributed by atoms with van der Waals surface area (Å²) in [6, 6.07) is 15.5. The Hall–Kier alpha value is -2.88. The van der Waals surface area contributed by atoms with Gasteiger partial charge in [0.2, 0.25) is 5.91 Å². The first kappa shape index (κ1) is 14.1. The van der Waals surface area contributed by atoms with Crippen molar-refractivity contribution >= 4 is 5.91 Å². The molecule has 22 heavy (non-hydrogen) atoms. The summed E-state index contributed by atoms with van der Waals surface area (Å²) < 4.78 is 5.05. The van der Waals surface area contributed by atoms with Gasteiger partial charge in [0.05, 0.1) is 18.9 Å². The van der Waals surface area contributed by atoms with Gasteiger partial charge in [-0.2, -0.15) is 0 Å². The van der Waals surface area contributed by atoms with E-state index in [2.05, 4.69) is 10.3 Å². The smallest absolute Gasteiger partial charge is 0.226 e. The second-order valence-electron chi connectivity index (χ2n) is 4.99. The van der Waals surface area contributed by atoms with Crippen LogP contribution in [0.2, 0.25) is 0 Å². The minimum atomic E-state index is -0.0348. The highest BCUT2D eigenvalue weighted by Crippen LogP contribution is 2.18. The molecule has 4 nitrogen and oxygen atoms in total. The van der Waals surface area contributed by atoms with Gasteiger partial charge in [-0.15, -0.1) is 0 Å². The molecule has 2 heterocycles. The molecular formula is C18H16N2O2. The predicted molar refractivity (Wildman–Crippen MR) is 83.9 cm³/mol. The third-order valence-corrected chi connectivity index (χ3v) is 3.35. The lowest BCUT2D eigenvalue weighted by molar-refractivity contribution is -0.120. The molecule has 2 aromatic heterocycles. The number of nitrogens with one attached hydrogen (secondary N) is 1. The van der Waals surface area contributed by atoms with Gasteiger partial charge in [0.15, 0.2) is 0 Å². The second-order valence-corrected chi connectivity index (χ2v) is 4.99. The van der Waals surface area contributed by atoms with Crippen LogP contribution in [-0.4, -0.2) is 10.9 Å². The van der Waals surface area contributed by atoms with Crippen LogP contribution in [0.1, 0.15) is 11.3 Å². The highest BCUT2D eigenvalue weighted by molar-refractivity contribution is 5.78. The van der Waals surface area contributed by atoms with Crippen LogP contribution in [0.25, 0.3) is 11.1 Å². The van der Waals surface area contributed by atoms with Crippen LogP contribution in [0.4, 0.5) is 0 Å². The van der Waals surface area contributed by atoms with Gasteiger partial charge in [-0.1, -0.05) is 36.4 Å². The Morgan fingerprint density at radius 3 is 2.59 bits per heavy atom. The molecule has 1 amide bonds. The molecule has 0 spiro atoms. The summed E-state index contributed by atoms with van der Waals surface area (Å²) in [6.45, 7) is 0.535. The van der Waals surface area contributed by atoms with Gasteiger partial charge in [0.1, 0.15) is 0 Å². The van der Waals surface area contributed by atoms with Gasteiger partial charge in [0.25, 0.3) is 0 Å². The molecule has 0 aliphatic rings. The quantitative estimate of drug-likeness (QED) is 0.785. The standard InChI is InChI=1S/C18H16N2O2/c21-18(20-11-14-4-2-1-3-5-14)10-17-7-6-15(12-19-17)16-8-9-22-13-16/h1-9,12-13H,10-11H2,(H,20,21). The maximum absolute atomic E-state index is 11.9. The minimum absolute atomic E-state index is 0.0348. The van der Waals surface area contributed by atoms with Crippen LogP contribution in [0.5, 0.6) is 0 Å². The zero-order valence-corrected chi connectivity index (χ0v) is 12.0. The summed E-state index contributed by atoms with van der Waals surface area (Å²) in [4.78, 5) is 16.3. The first-order chi connectivity index (χ1) is 10.8. The summed E-state index contributed by atoms with van der Waals surface area (Å²) in [5.74, 6) is -0.0348. The lowest BCUT2D eigenvalue weighted by Gasteiger charge is -2.05. The molecule has 0 aliphatic heterocycles. The molecule has 0 bridgehead atoms. The van der Waals surface area contributed by atoms with Crippen LogP contribution >= 0.6 is 0 Å². The van der Waals surface area contributed by atoms with Crippen LogP contribution in [0.15, 0.2) is 71.7 Å². The number of hydrogen-bond donors (Lipinski definition) is 1.